The molecule has 132 valence electrons. The predicted molar refractivity (Wildman–Crippen MR) is 107 cm³/mol. The monoisotopic (exact) mass is 398 g/mol. The van der Waals surface area contributed by atoms with Gasteiger partial charge >= 0.3 is 0 Å². The van der Waals surface area contributed by atoms with Gasteiger partial charge in [-0.25, -0.2) is 0 Å². The average Bonchev–Trinajstić information content (AvgIpc) is 2.53. The molecule has 0 atom stereocenters. The molecule has 0 aliphatic carbocycles. The molecular weight excluding hydrogens is 383 g/mol. The summed E-state index contributed by atoms with van der Waals surface area (Å²) in [6, 6.07) is 15.0. The Bertz CT molecular complexity index is 979. The van der Waals surface area contributed by atoms with Crippen molar-refractivity contribution >= 4 is 53.3 Å². The number of nitrogens with zero attached hydrogens (tertiary/aromatic N) is 2. The lowest BCUT2D eigenvalue weighted by Crippen LogP contribution is -2.22. The topological polar surface area (TPSA) is 89.9 Å². The van der Waals surface area contributed by atoms with Crippen molar-refractivity contribution in [3.05, 3.63) is 64.5 Å². The zero-order valence-electron chi connectivity index (χ0n) is 13.3. The first-order chi connectivity index (χ1) is 11.1. The molecular formula is C17H17Cl3N4O. The number of hydrogen-bond donors (Lipinski definition) is 2. The molecule has 0 aliphatic rings. The molecule has 0 spiro atoms. The van der Waals surface area contributed by atoms with Gasteiger partial charge in [0.1, 0.15) is 16.7 Å². The second-order valence-electron chi connectivity index (χ2n) is 5.05. The number of rotatable bonds is 2. The molecule has 5 nitrogen and oxygen atoms in total. The number of aryl methyl sites for hydroxylation is 1. The first-order valence-corrected chi connectivity index (χ1v) is 7.35. The molecule has 1 heterocycles. The Morgan fingerprint density at radius 3 is 2.44 bits per heavy atom. The van der Waals surface area contributed by atoms with E-state index < -0.39 is 0 Å². The maximum absolute atomic E-state index is 6.26. The van der Waals surface area contributed by atoms with E-state index in [0.29, 0.717) is 21.7 Å². The maximum atomic E-state index is 6.26. The Morgan fingerprint density at radius 2 is 1.76 bits per heavy atom. The molecule has 0 aliphatic heterocycles. The summed E-state index contributed by atoms with van der Waals surface area (Å²) in [7, 11) is 0. The van der Waals surface area contributed by atoms with Gasteiger partial charge in [-0.05, 0) is 30.7 Å². The molecule has 0 bridgehead atoms. The number of guanidine groups is 1. The summed E-state index contributed by atoms with van der Waals surface area (Å²) in [5, 5.41) is 9.98. The van der Waals surface area contributed by atoms with Crippen LogP contribution < -0.4 is 16.8 Å². The average molecular weight is 400 g/mol. The van der Waals surface area contributed by atoms with Gasteiger partial charge in [-0.1, -0.05) is 35.9 Å². The number of benzene rings is 2. The molecule has 2 aromatic carbocycles. The summed E-state index contributed by atoms with van der Waals surface area (Å²) in [4.78, 5) is 0. The number of nitrogens with two attached hydrogens (primary N) is 2. The number of fused-ring (bicyclic) bond motifs is 1. The number of halogens is 3. The van der Waals surface area contributed by atoms with E-state index in [4.69, 9.17) is 27.5 Å². The van der Waals surface area contributed by atoms with Crippen LogP contribution >= 0.6 is 36.4 Å². The van der Waals surface area contributed by atoms with Gasteiger partial charge in [-0.15, -0.1) is 35.0 Å². The lowest BCUT2D eigenvalue weighted by molar-refractivity contribution is 0.618. The summed E-state index contributed by atoms with van der Waals surface area (Å²) in [6.07, 6.45) is 0. The minimum absolute atomic E-state index is 0. The SMILES string of the molecule is Cc1cccc2oc(-c3ccccc3Cl)c/c(=N\N=C(N)N)c12.Cl.Cl. The zero-order chi connectivity index (χ0) is 16.4. The highest BCUT2D eigenvalue weighted by atomic mass is 35.5. The second kappa shape index (κ2) is 8.76. The standard InChI is InChI=1S/C17H15ClN4O.2ClH/c1-10-5-4-8-14-16(10)13(21-22-17(19)20)9-15(23-14)11-6-2-3-7-12(11)18;;/h2-9H,1H3,(H4,19,20,22);2*1H/b21-13+;;. The van der Waals surface area contributed by atoms with Gasteiger partial charge in [0.2, 0.25) is 5.96 Å². The highest BCUT2D eigenvalue weighted by molar-refractivity contribution is 6.33. The zero-order valence-corrected chi connectivity index (χ0v) is 15.7. The molecule has 0 saturated heterocycles. The van der Waals surface area contributed by atoms with E-state index in [1.807, 2.05) is 43.3 Å². The maximum Gasteiger partial charge on any atom is 0.211 e. The van der Waals surface area contributed by atoms with Gasteiger partial charge in [0, 0.05) is 17.0 Å². The normalized spacial score (nSPS) is 10.7. The fraction of sp³-hybridized carbons (Fsp3) is 0.0588. The van der Waals surface area contributed by atoms with Gasteiger partial charge < -0.3 is 15.9 Å². The van der Waals surface area contributed by atoms with Crippen LogP contribution in [0.1, 0.15) is 5.56 Å². The first kappa shape index (κ1) is 20.8. The Labute approximate surface area is 162 Å². The van der Waals surface area contributed by atoms with Crippen LogP contribution in [0.5, 0.6) is 0 Å². The molecule has 4 N–H and O–H groups in total. The smallest absolute Gasteiger partial charge is 0.211 e. The molecule has 8 heteroatoms. The third-order valence-electron chi connectivity index (χ3n) is 3.39. The van der Waals surface area contributed by atoms with Crippen LogP contribution in [0, 0.1) is 6.92 Å². The van der Waals surface area contributed by atoms with Crippen LogP contribution in [0.25, 0.3) is 22.3 Å². The molecule has 3 rings (SSSR count). The van der Waals surface area contributed by atoms with Crippen LogP contribution in [-0.4, -0.2) is 5.96 Å². The van der Waals surface area contributed by atoms with E-state index in [0.717, 1.165) is 16.5 Å². The molecule has 0 fully saturated rings. The van der Waals surface area contributed by atoms with Crippen molar-refractivity contribution < 1.29 is 4.42 Å². The summed E-state index contributed by atoms with van der Waals surface area (Å²) < 4.78 is 6.00. The molecule has 0 unspecified atom stereocenters. The van der Waals surface area contributed by atoms with Crippen molar-refractivity contribution in [2.45, 2.75) is 6.92 Å². The fourth-order valence-electron chi connectivity index (χ4n) is 2.38. The summed E-state index contributed by atoms with van der Waals surface area (Å²) in [5.74, 6) is 0.491. The van der Waals surface area contributed by atoms with E-state index in [2.05, 4.69) is 10.2 Å². The third-order valence-corrected chi connectivity index (χ3v) is 3.72. The Hall–Kier alpha value is -2.21. The van der Waals surface area contributed by atoms with E-state index in [-0.39, 0.29) is 30.8 Å². The molecule has 25 heavy (non-hydrogen) atoms. The molecule has 0 saturated carbocycles. The number of hydrogen-bond acceptors (Lipinski definition) is 3. The lowest BCUT2D eigenvalue weighted by Gasteiger charge is -2.07. The Kier molecular flexibility index (Phi) is 7.30. The highest BCUT2D eigenvalue weighted by Gasteiger charge is 2.10. The quantitative estimate of drug-likeness (QED) is 0.388. The van der Waals surface area contributed by atoms with Crippen molar-refractivity contribution in [1.82, 2.24) is 0 Å². The van der Waals surface area contributed by atoms with Crippen LogP contribution in [0.2, 0.25) is 5.02 Å². The van der Waals surface area contributed by atoms with Gasteiger partial charge in [0.25, 0.3) is 0 Å². The van der Waals surface area contributed by atoms with E-state index >= 15 is 0 Å². The highest BCUT2D eigenvalue weighted by Crippen LogP contribution is 2.29. The van der Waals surface area contributed by atoms with Crippen molar-refractivity contribution in [3.8, 4) is 11.3 Å². The van der Waals surface area contributed by atoms with Crippen LogP contribution in [0.15, 0.2) is 63.2 Å². The van der Waals surface area contributed by atoms with E-state index in [9.17, 15) is 0 Å². The van der Waals surface area contributed by atoms with Crippen molar-refractivity contribution in [3.63, 3.8) is 0 Å². The molecule has 0 amide bonds. The lowest BCUT2D eigenvalue weighted by atomic mass is 10.1. The summed E-state index contributed by atoms with van der Waals surface area (Å²) in [5.41, 5.74) is 13.2. The van der Waals surface area contributed by atoms with Crippen molar-refractivity contribution in [2.75, 3.05) is 0 Å². The predicted octanol–water partition coefficient (Wildman–Crippen LogP) is 3.99. The van der Waals surface area contributed by atoms with Crippen molar-refractivity contribution in [2.24, 2.45) is 21.7 Å². The van der Waals surface area contributed by atoms with Gasteiger partial charge in [-0.3, -0.25) is 0 Å². The Morgan fingerprint density at radius 1 is 1.04 bits per heavy atom. The van der Waals surface area contributed by atoms with Gasteiger partial charge in [0.05, 0.1) is 5.02 Å². The summed E-state index contributed by atoms with van der Waals surface area (Å²) >= 11 is 6.26. The molecule has 0 radical (unpaired) electrons. The minimum atomic E-state index is -0.105. The van der Waals surface area contributed by atoms with Crippen LogP contribution in [0.4, 0.5) is 0 Å². The largest absolute Gasteiger partial charge is 0.456 e. The Balaban J connectivity index is 0.00000156. The van der Waals surface area contributed by atoms with Crippen LogP contribution in [0.3, 0.4) is 0 Å². The fourth-order valence-corrected chi connectivity index (χ4v) is 2.61. The third kappa shape index (κ3) is 4.45. The van der Waals surface area contributed by atoms with E-state index in [1.165, 1.54) is 0 Å². The first-order valence-electron chi connectivity index (χ1n) is 6.97. The second-order valence-corrected chi connectivity index (χ2v) is 5.46. The van der Waals surface area contributed by atoms with Crippen LogP contribution in [-0.2, 0) is 0 Å². The van der Waals surface area contributed by atoms with Crippen molar-refractivity contribution in [1.29, 1.82) is 0 Å². The van der Waals surface area contributed by atoms with Gasteiger partial charge in [0.15, 0.2) is 0 Å². The molecule has 1 aromatic heterocycles. The molecule has 3 aromatic rings. The van der Waals surface area contributed by atoms with E-state index in [1.54, 1.807) is 12.1 Å². The summed E-state index contributed by atoms with van der Waals surface area (Å²) in [6.45, 7) is 1.97. The minimum Gasteiger partial charge on any atom is -0.456 e. The van der Waals surface area contributed by atoms with Gasteiger partial charge in [-0.2, -0.15) is 0 Å².